The molecule has 106 valence electrons. The standard InChI is InChI=1S/C11H19N5O2S/c1-8-4-2-3-5-10(8)16-19(17,18)9-6-13-11(15-12)14-7-9/h6-8,10,16H,2-5,12H2,1H3,(H,13,14,15). The number of sulfonamides is 1. The maximum absolute atomic E-state index is 12.2. The van der Waals surface area contributed by atoms with Crippen molar-refractivity contribution in [1.82, 2.24) is 14.7 Å². The van der Waals surface area contributed by atoms with Crippen molar-refractivity contribution < 1.29 is 8.42 Å². The van der Waals surface area contributed by atoms with Crippen LogP contribution in [0.15, 0.2) is 17.3 Å². The van der Waals surface area contributed by atoms with Crippen molar-refractivity contribution in [2.75, 3.05) is 5.43 Å². The Hall–Kier alpha value is -1.25. The minimum atomic E-state index is -3.56. The summed E-state index contributed by atoms with van der Waals surface area (Å²) in [5, 5.41) is 0. The van der Waals surface area contributed by atoms with Gasteiger partial charge >= 0.3 is 0 Å². The van der Waals surface area contributed by atoms with Crippen molar-refractivity contribution in [3.63, 3.8) is 0 Å². The highest BCUT2D eigenvalue weighted by Crippen LogP contribution is 2.25. The Kier molecular flexibility index (Phi) is 4.33. The van der Waals surface area contributed by atoms with Crippen molar-refractivity contribution in [2.45, 2.75) is 43.5 Å². The first-order valence-corrected chi connectivity index (χ1v) is 7.82. The van der Waals surface area contributed by atoms with Gasteiger partial charge in [-0.1, -0.05) is 19.8 Å². The summed E-state index contributed by atoms with van der Waals surface area (Å²) in [6.07, 6.45) is 6.66. The zero-order valence-electron chi connectivity index (χ0n) is 10.8. The van der Waals surface area contributed by atoms with Gasteiger partial charge < -0.3 is 0 Å². The zero-order valence-corrected chi connectivity index (χ0v) is 11.7. The third-order valence-electron chi connectivity index (χ3n) is 3.49. The van der Waals surface area contributed by atoms with Crippen LogP contribution in [0.5, 0.6) is 0 Å². The first-order chi connectivity index (χ1) is 9.03. The molecular formula is C11H19N5O2S. The molecule has 0 amide bonds. The highest BCUT2D eigenvalue weighted by atomic mass is 32.2. The molecule has 0 radical (unpaired) electrons. The zero-order chi connectivity index (χ0) is 13.9. The highest BCUT2D eigenvalue weighted by Gasteiger charge is 2.27. The second-order valence-corrected chi connectivity index (χ2v) is 6.59. The molecule has 2 rings (SSSR count). The molecule has 0 aliphatic heterocycles. The van der Waals surface area contributed by atoms with E-state index in [2.05, 4.69) is 27.0 Å². The maximum Gasteiger partial charge on any atom is 0.243 e. The normalized spacial score (nSPS) is 24.1. The van der Waals surface area contributed by atoms with Crippen LogP contribution in [0.4, 0.5) is 5.95 Å². The van der Waals surface area contributed by atoms with E-state index in [0.717, 1.165) is 19.3 Å². The summed E-state index contributed by atoms with van der Waals surface area (Å²) in [6, 6.07) is -0.00828. The van der Waals surface area contributed by atoms with Crippen LogP contribution in [0.1, 0.15) is 32.6 Å². The van der Waals surface area contributed by atoms with Gasteiger partial charge in [-0.05, 0) is 18.8 Å². The fraction of sp³-hybridized carbons (Fsp3) is 0.636. The Morgan fingerprint density at radius 2 is 1.89 bits per heavy atom. The van der Waals surface area contributed by atoms with Gasteiger partial charge in [-0.15, -0.1) is 0 Å². The summed E-state index contributed by atoms with van der Waals surface area (Å²) >= 11 is 0. The number of nitrogens with two attached hydrogens (primary N) is 1. The molecule has 2 atom stereocenters. The molecule has 1 aromatic rings. The van der Waals surface area contributed by atoms with Crippen LogP contribution >= 0.6 is 0 Å². The molecule has 1 fully saturated rings. The lowest BCUT2D eigenvalue weighted by molar-refractivity contribution is 0.310. The van der Waals surface area contributed by atoms with E-state index in [-0.39, 0.29) is 16.9 Å². The molecule has 1 heterocycles. The minimum absolute atomic E-state index is 0.00828. The number of hydrazine groups is 1. The molecule has 0 bridgehead atoms. The van der Waals surface area contributed by atoms with Crippen LogP contribution in [0.3, 0.4) is 0 Å². The number of nitrogens with zero attached hydrogens (tertiary/aromatic N) is 2. The largest absolute Gasteiger partial charge is 0.292 e. The van der Waals surface area contributed by atoms with Crippen LogP contribution < -0.4 is 16.0 Å². The SMILES string of the molecule is CC1CCCCC1NS(=O)(=O)c1cnc(NN)nc1. The second kappa shape index (κ2) is 5.81. The quantitative estimate of drug-likeness (QED) is 0.552. The highest BCUT2D eigenvalue weighted by molar-refractivity contribution is 7.89. The number of rotatable bonds is 4. The molecule has 8 heteroatoms. The molecule has 0 saturated heterocycles. The number of aromatic nitrogens is 2. The van der Waals surface area contributed by atoms with E-state index in [0.29, 0.717) is 5.92 Å². The summed E-state index contributed by atoms with van der Waals surface area (Å²) < 4.78 is 27.1. The van der Waals surface area contributed by atoms with Crippen molar-refractivity contribution in [3.05, 3.63) is 12.4 Å². The monoisotopic (exact) mass is 285 g/mol. The molecule has 0 spiro atoms. The number of anilines is 1. The Balaban J connectivity index is 2.12. The van der Waals surface area contributed by atoms with Gasteiger partial charge in [0.15, 0.2) is 0 Å². The summed E-state index contributed by atoms with van der Waals surface area (Å²) in [7, 11) is -3.56. The van der Waals surface area contributed by atoms with E-state index < -0.39 is 10.0 Å². The lowest BCUT2D eigenvalue weighted by Crippen LogP contribution is -2.41. The molecule has 1 aromatic heterocycles. The van der Waals surface area contributed by atoms with Gasteiger partial charge in [0.25, 0.3) is 0 Å². The lowest BCUT2D eigenvalue weighted by Gasteiger charge is -2.29. The van der Waals surface area contributed by atoms with E-state index in [1.54, 1.807) is 0 Å². The van der Waals surface area contributed by atoms with E-state index in [1.165, 1.54) is 18.8 Å². The van der Waals surface area contributed by atoms with Crippen molar-refractivity contribution in [1.29, 1.82) is 0 Å². The Morgan fingerprint density at radius 3 is 2.47 bits per heavy atom. The predicted molar refractivity (Wildman–Crippen MR) is 71.6 cm³/mol. The molecule has 1 aliphatic rings. The van der Waals surface area contributed by atoms with Crippen LogP contribution in [-0.4, -0.2) is 24.4 Å². The first-order valence-electron chi connectivity index (χ1n) is 6.34. The molecule has 1 saturated carbocycles. The van der Waals surface area contributed by atoms with Crippen LogP contribution in [0, 0.1) is 5.92 Å². The molecule has 19 heavy (non-hydrogen) atoms. The number of hydrogen-bond acceptors (Lipinski definition) is 6. The summed E-state index contributed by atoms with van der Waals surface area (Å²) in [4.78, 5) is 7.68. The van der Waals surface area contributed by atoms with Gasteiger partial charge in [-0.3, -0.25) is 5.43 Å². The van der Waals surface area contributed by atoms with Crippen LogP contribution in [-0.2, 0) is 10.0 Å². The van der Waals surface area contributed by atoms with Gasteiger partial charge in [-0.2, -0.15) is 0 Å². The molecule has 4 N–H and O–H groups in total. The smallest absolute Gasteiger partial charge is 0.243 e. The fourth-order valence-corrected chi connectivity index (χ4v) is 3.56. The van der Waals surface area contributed by atoms with Gasteiger partial charge in [-0.25, -0.2) is 29.0 Å². The number of hydrogen-bond donors (Lipinski definition) is 3. The molecule has 0 aromatic carbocycles. The molecule has 7 nitrogen and oxygen atoms in total. The van der Waals surface area contributed by atoms with Crippen molar-refractivity contribution in [3.8, 4) is 0 Å². The lowest BCUT2D eigenvalue weighted by atomic mass is 9.87. The average Bonchev–Trinajstić information content (AvgIpc) is 2.41. The Labute approximate surface area is 113 Å². The molecular weight excluding hydrogens is 266 g/mol. The van der Waals surface area contributed by atoms with Gasteiger partial charge in [0.05, 0.1) is 12.4 Å². The Bertz CT molecular complexity index is 516. The van der Waals surface area contributed by atoms with Gasteiger partial charge in [0.2, 0.25) is 16.0 Å². The average molecular weight is 285 g/mol. The predicted octanol–water partition coefficient (Wildman–Crippen LogP) is 0.619. The minimum Gasteiger partial charge on any atom is -0.292 e. The van der Waals surface area contributed by atoms with E-state index >= 15 is 0 Å². The van der Waals surface area contributed by atoms with Gasteiger partial charge in [0, 0.05) is 6.04 Å². The van der Waals surface area contributed by atoms with E-state index in [9.17, 15) is 8.42 Å². The maximum atomic E-state index is 12.2. The van der Waals surface area contributed by atoms with Crippen LogP contribution in [0.2, 0.25) is 0 Å². The first kappa shape index (κ1) is 14.2. The summed E-state index contributed by atoms with van der Waals surface area (Å²) in [5.41, 5.74) is 2.26. The van der Waals surface area contributed by atoms with Crippen molar-refractivity contribution in [2.24, 2.45) is 11.8 Å². The second-order valence-electron chi connectivity index (χ2n) is 4.88. The number of nitrogens with one attached hydrogen (secondary N) is 2. The van der Waals surface area contributed by atoms with E-state index in [1.807, 2.05) is 0 Å². The third-order valence-corrected chi connectivity index (χ3v) is 4.93. The Morgan fingerprint density at radius 1 is 1.26 bits per heavy atom. The summed E-state index contributed by atoms with van der Waals surface area (Å²) in [6.45, 7) is 2.07. The van der Waals surface area contributed by atoms with Crippen LogP contribution in [0.25, 0.3) is 0 Å². The fourth-order valence-electron chi connectivity index (χ4n) is 2.29. The van der Waals surface area contributed by atoms with E-state index in [4.69, 9.17) is 5.84 Å². The van der Waals surface area contributed by atoms with Crippen molar-refractivity contribution >= 4 is 16.0 Å². The van der Waals surface area contributed by atoms with Gasteiger partial charge in [0.1, 0.15) is 4.90 Å². The molecule has 1 aliphatic carbocycles. The molecule has 2 unspecified atom stereocenters. The third kappa shape index (κ3) is 3.40. The topological polar surface area (TPSA) is 110 Å². The summed E-state index contributed by atoms with van der Waals surface area (Å²) in [5.74, 6) is 5.68. The number of nitrogen functional groups attached to an aromatic ring is 1.